The van der Waals surface area contributed by atoms with E-state index in [4.69, 9.17) is 9.84 Å². The number of halogens is 1. The first kappa shape index (κ1) is 14.0. The SMILES string of the molecule is O=C(O)[C@@H]1CN(C(=O)[C@@H]2C[C@@H]2c2ccc(F)cc2)CCO1. The number of morpholine rings is 1. The summed E-state index contributed by atoms with van der Waals surface area (Å²) in [6.07, 6.45) is -0.203. The van der Waals surface area contributed by atoms with Gasteiger partial charge in [0, 0.05) is 12.5 Å². The van der Waals surface area contributed by atoms with E-state index in [1.54, 1.807) is 17.0 Å². The van der Waals surface area contributed by atoms with Gasteiger partial charge in [-0.15, -0.1) is 0 Å². The number of ether oxygens (including phenoxy) is 1. The van der Waals surface area contributed by atoms with Gasteiger partial charge in [0.05, 0.1) is 13.2 Å². The van der Waals surface area contributed by atoms with E-state index < -0.39 is 12.1 Å². The van der Waals surface area contributed by atoms with Gasteiger partial charge in [-0.3, -0.25) is 4.79 Å². The van der Waals surface area contributed by atoms with Crippen molar-refractivity contribution in [2.75, 3.05) is 19.7 Å². The monoisotopic (exact) mass is 293 g/mol. The Morgan fingerprint density at radius 1 is 1.29 bits per heavy atom. The summed E-state index contributed by atoms with van der Waals surface area (Å²) in [4.78, 5) is 24.9. The molecule has 1 aliphatic carbocycles. The standard InChI is InChI=1S/C15H16FNO4/c16-10-3-1-9(2-4-10)11-7-12(11)14(18)17-5-6-21-13(8-17)15(19)20/h1-4,11-13H,5-8H2,(H,19,20)/t11-,12-,13+/m1/s1. The molecule has 1 aliphatic heterocycles. The number of benzene rings is 1. The fourth-order valence-electron chi connectivity index (χ4n) is 2.78. The fourth-order valence-corrected chi connectivity index (χ4v) is 2.78. The third kappa shape index (κ3) is 2.90. The number of hydrogen-bond donors (Lipinski definition) is 1. The summed E-state index contributed by atoms with van der Waals surface area (Å²) in [7, 11) is 0. The van der Waals surface area contributed by atoms with E-state index in [2.05, 4.69) is 0 Å². The molecule has 1 saturated heterocycles. The summed E-state index contributed by atoms with van der Waals surface area (Å²) in [5.74, 6) is -1.37. The van der Waals surface area contributed by atoms with Crippen molar-refractivity contribution in [3.63, 3.8) is 0 Å². The Hall–Kier alpha value is -1.95. The van der Waals surface area contributed by atoms with Crippen LogP contribution >= 0.6 is 0 Å². The van der Waals surface area contributed by atoms with Crippen molar-refractivity contribution in [3.05, 3.63) is 35.6 Å². The first-order valence-electron chi connectivity index (χ1n) is 6.95. The number of nitrogens with zero attached hydrogens (tertiary/aromatic N) is 1. The molecule has 1 saturated carbocycles. The highest BCUT2D eigenvalue weighted by atomic mass is 19.1. The van der Waals surface area contributed by atoms with Crippen LogP contribution in [0.5, 0.6) is 0 Å². The zero-order valence-corrected chi connectivity index (χ0v) is 11.4. The molecule has 2 fully saturated rings. The minimum atomic E-state index is -1.04. The van der Waals surface area contributed by atoms with Gasteiger partial charge in [-0.1, -0.05) is 12.1 Å². The molecule has 0 spiro atoms. The van der Waals surface area contributed by atoms with E-state index in [1.807, 2.05) is 0 Å². The summed E-state index contributed by atoms with van der Waals surface area (Å²) < 4.78 is 18.0. The first-order valence-corrected chi connectivity index (χ1v) is 6.95. The molecule has 1 amide bonds. The van der Waals surface area contributed by atoms with Crippen LogP contribution in [0.1, 0.15) is 17.9 Å². The average Bonchev–Trinajstić information content (AvgIpc) is 3.28. The topological polar surface area (TPSA) is 66.8 Å². The van der Waals surface area contributed by atoms with Gasteiger partial charge >= 0.3 is 5.97 Å². The maximum absolute atomic E-state index is 12.9. The van der Waals surface area contributed by atoms with E-state index in [9.17, 15) is 14.0 Å². The summed E-state index contributed by atoms with van der Waals surface area (Å²) in [5.41, 5.74) is 0.956. The molecule has 1 N–H and O–H groups in total. The Morgan fingerprint density at radius 3 is 2.67 bits per heavy atom. The van der Waals surface area contributed by atoms with E-state index >= 15 is 0 Å². The van der Waals surface area contributed by atoms with Gasteiger partial charge in [0.25, 0.3) is 0 Å². The molecule has 5 nitrogen and oxygen atoms in total. The fraction of sp³-hybridized carbons (Fsp3) is 0.467. The van der Waals surface area contributed by atoms with Crippen LogP contribution in [0, 0.1) is 11.7 Å². The normalized spacial score (nSPS) is 28.2. The van der Waals surface area contributed by atoms with Crippen molar-refractivity contribution in [2.24, 2.45) is 5.92 Å². The molecule has 1 heterocycles. The molecule has 0 unspecified atom stereocenters. The van der Waals surface area contributed by atoms with Crippen molar-refractivity contribution < 1.29 is 23.8 Å². The van der Waals surface area contributed by atoms with Gasteiger partial charge < -0.3 is 14.7 Å². The summed E-state index contributed by atoms with van der Waals surface area (Å²) in [6.45, 7) is 0.771. The van der Waals surface area contributed by atoms with Crippen LogP contribution in [-0.4, -0.2) is 47.7 Å². The van der Waals surface area contributed by atoms with Crippen LogP contribution in [0.2, 0.25) is 0 Å². The highest BCUT2D eigenvalue weighted by Gasteiger charge is 2.46. The van der Waals surface area contributed by atoms with Gasteiger partial charge in [0.15, 0.2) is 6.10 Å². The van der Waals surface area contributed by atoms with Crippen LogP contribution in [0.3, 0.4) is 0 Å². The van der Waals surface area contributed by atoms with Gasteiger partial charge in [0.2, 0.25) is 5.91 Å². The van der Waals surface area contributed by atoms with E-state index in [-0.39, 0.29) is 36.7 Å². The lowest BCUT2D eigenvalue weighted by atomic mass is 10.1. The Morgan fingerprint density at radius 2 is 2.00 bits per heavy atom. The molecule has 2 aliphatic rings. The quantitative estimate of drug-likeness (QED) is 0.910. The lowest BCUT2D eigenvalue weighted by molar-refractivity contribution is -0.159. The van der Waals surface area contributed by atoms with Gasteiger partial charge in [-0.2, -0.15) is 0 Å². The number of carbonyl (C=O) groups excluding carboxylic acids is 1. The van der Waals surface area contributed by atoms with Crippen molar-refractivity contribution in [3.8, 4) is 0 Å². The Bertz CT molecular complexity index is 559. The minimum Gasteiger partial charge on any atom is -0.479 e. The zero-order chi connectivity index (χ0) is 15.0. The van der Waals surface area contributed by atoms with Crippen LogP contribution in [0.25, 0.3) is 0 Å². The van der Waals surface area contributed by atoms with E-state index in [0.29, 0.717) is 6.54 Å². The second-order valence-corrected chi connectivity index (χ2v) is 5.48. The van der Waals surface area contributed by atoms with Crippen molar-refractivity contribution >= 4 is 11.9 Å². The third-order valence-corrected chi connectivity index (χ3v) is 4.06. The molecule has 0 bridgehead atoms. The van der Waals surface area contributed by atoms with E-state index in [1.165, 1.54) is 12.1 Å². The van der Waals surface area contributed by atoms with Crippen LogP contribution < -0.4 is 0 Å². The van der Waals surface area contributed by atoms with Crippen molar-refractivity contribution in [1.82, 2.24) is 4.90 Å². The van der Waals surface area contributed by atoms with Gasteiger partial charge in [-0.25, -0.2) is 9.18 Å². The molecular weight excluding hydrogens is 277 g/mol. The smallest absolute Gasteiger partial charge is 0.334 e. The second kappa shape index (κ2) is 5.44. The number of aliphatic carboxylic acids is 1. The molecule has 0 aromatic heterocycles. The van der Waals surface area contributed by atoms with Crippen LogP contribution in [0.4, 0.5) is 4.39 Å². The van der Waals surface area contributed by atoms with Crippen molar-refractivity contribution in [2.45, 2.75) is 18.4 Å². The van der Waals surface area contributed by atoms with Gasteiger partial charge in [-0.05, 0) is 30.0 Å². The number of carboxylic acid groups (broad SMARTS) is 1. The predicted octanol–water partition coefficient (Wildman–Crippen LogP) is 1.24. The lowest BCUT2D eigenvalue weighted by Gasteiger charge is -2.31. The predicted molar refractivity (Wildman–Crippen MR) is 71.2 cm³/mol. The highest BCUT2D eigenvalue weighted by molar-refractivity contribution is 5.84. The summed E-state index contributed by atoms with van der Waals surface area (Å²) >= 11 is 0. The minimum absolute atomic E-state index is 0.0288. The highest BCUT2D eigenvalue weighted by Crippen LogP contribution is 2.48. The lowest BCUT2D eigenvalue weighted by Crippen LogP contribution is -2.49. The molecule has 21 heavy (non-hydrogen) atoms. The van der Waals surface area contributed by atoms with Crippen molar-refractivity contribution in [1.29, 1.82) is 0 Å². The third-order valence-electron chi connectivity index (χ3n) is 4.06. The Balaban J connectivity index is 1.62. The Labute approximate surface area is 121 Å². The molecule has 112 valence electrons. The molecule has 1 aromatic rings. The molecular formula is C15H16FNO4. The number of amides is 1. The largest absolute Gasteiger partial charge is 0.479 e. The number of carbonyl (C=O) groups is 2. The molecule has 3 rings (SSSR count). The van der Waals surface area contributed by atoms with E-state index in [0.717, 1.165) is 12.0 Å². The maximum atomic E-state index is 12.9. The van der Waals surface area contributed by atoms with Gasteiger partial charge in [0.1, 0.15) is 5.82 Å². The zero-order valence-electron chi connectivity index (χ0n) is 11.4. The summed E-state index contributed by atoms with van der Waals surface area (Å²) in [5, 5.41) is 8.95. The van der Waals surface area contributed by atoms with Crippen LogP contribution in [-0.2, 0) is 14.3 Å². The van der Waals surface area contributed by atoms with Crippen LogP contribution in [0.15, 0.2) is 24.3 Å². The average molecular weight is 293 g/mol. The summed E-state index contributed by atoms with van der Waals surface area (Å²) in [6, 6.07) is 6.19. The second-order valence-electron chi connectivity index (χ2n) is 5.48. The Kier molecular flexibility index (Phi) is 3.63. The molecule has 0 radical (unpaired) electrons. The number of carboxylic acids is 1. The maximum Gasteiger partial charge on any atom is 0.334 e. The molecule has 6 heteroatoms. The molecule has 3 atom stereocenters. The first-order chi connectivity index (χ1) is 10.1. The molecule has 1 aromatic carbocycles. The number of rotatable bonds is 3. The number of hydrogen-bond acceptors (Lipinski definition) is 3.